The summed E-state index contributed by atoms with van der Waals surface area (Å²) in [5.41, 5.74) is 5.30. The van der Waals surface area contributed by atoms with Crippen LogP contribution in [-0.2, 0) is 24.0 Å². The Kier molecular flexibility index (Phi) is 8.49. The van der Waals surface area contributed by atoms with Crippen LogP contribution in [0.3, 0.4) is 0 Å². The van der Waals surface area contributed by atoms with Crippen LogP contribution >= 0.6 is 0 Å². The van der Waals surface area contributed by atoms with Crippen molar-refractivity contribution >= 4 is 40.6 Å². The van der Waals surface area contributed by atoms with Crippen LogP contribution in [0.25, 0.3) is 11.3 Å². The second-order valence-electron chi connectivity index (χ2n) is 14.6. The van der Waals surface area contributed by atoms with Crippen molar-refractivity contribution in [3.63, 3.8) is 0 Å². The molecule has 3 aromatic carbocycles. The largest absolute Gasteiger partial charge is 0.451 e. The first-order valence-corrected chi connectivity index (χ1v) is 18.3. The highest BCUT2D eigenvalue weighted by Gasteiger charge is 2.45. The molecule has 2 N–H and O–H groups in total. The highest BCUT2D eigenvalue weighted by Crippen LogP contribution is 2.43. The fourth-order valence-corrected chi connectivity index (χ4v) is 8.16. The lowest BCUT2D eigenvalue weighted by molar-refractivity contribution is -0.000521. The van der Waals surface area contributed by atoms with Crippen molar-refractivity contribution in [2.75, 3.05) is 53.3 Å². The van der Waals surface area contributed by atoms with Crippen LogP contribution in [0.5, 0.6) is 0 Å². The van der Waals surface area contributed by atoms with E-state index < -0.39 is 23.2 Å². The third-order valence-electron chi connectivity index (χ3n) is 11.1. The van der Waals surface area contributed by atoms with Crippen LogP contribution < -0.4 is 20.4 Å². The number of carbonyl (C=O) groups is 3. The number of aryl methyl sites for hydroxylation is 2. The zero-order valence-electron chi connectivity index (χ0n) is 29.4. The number of nitrogens with zero attached hydrogens (tertiary/aromatic N) is 3. The van der Waals surface area contributed by atoms with Crippen LogP contribution in [0.2, 0.25) is 0 Å². The Labute approximate surface area is 310 Å². The molecule has 9 rings (SSSR count). The Morgan fingerprint density at radius 1 is 0.796 bits per heavy atom. The van der Waals surface area contributed by atoms with Gasteiger partial charge in [0.1, 0.15) is 28.9 Å². The minimum absolute atomic E-state index is 0.106. The standard InChI is InChI=1S/C42H37F2N5O5/c43-31-7-4-8-32(44)36(31)47-40(51)35-22-27-15-18-49(34-10-2-1-6-29(34)37(27)54-35)41(52)25-11-13-28(14-12-25)45-39(50)30-21-26-5-3-9-33(26)46-38(30)48-23-42(24-48)16-19-53-20-17-42/h1-2,4,6-8,10-14,21-22H,3,5,9,15-20,23-24H2,(H,45,50)(H,47,51). The maximum Gasteiger partial charge on any atom is 0.291 e. The van der Waals surface area contributed by atoms with E-state index in [1.165, 1.54) is 6.07 Å². The number of benzene rings is 3. The molecule has 1 aliphatic carbocycles. The molecule has 12 heteroatoms. The highest BCUT2D eigenvalue weighted by atomic mass is 19.1. The van der Waals surface area contributed by atoms with Crippen LogP contribution in [0.1, 0.15) is 67.4 Å². The van der Waals surface area contributed by atoms with E-state index in [4.69, 9.17) is 14.1 Å². The summed E-state index contributed by atoms with van der Waals surface area (Å²) < 4.78 is 40.0. The number of rotatable bonds is 6. The van der Waals surface area contributed by atoms with E-state index in [9.17, 15) is 23.2 Å². The van der Waals surface area contributed by atoms with E-state index in [2.05, 4.69) is 15.5 Å². The van der Waals surface area contributed by atoms with E-state index in [1.807, 2.05) is 12.1 Å². The van der Waals surface area contributed by atoms with Gasteiger partial charge in [-0.2, -0.15) is 0 Å². The van der Waals surface area contributed by atoms with Gasteiger partial charge in [0.2, 0.25) is 0 Å². The first-order valence-electron chi connectivity index (χ1n) is 18.3. The van der Waals surface area contributed by atoms with Gasteiger partial charge in [-0.3, -0.25) is 14.4 Å². The molecule has 0 bridgehead atoms. The molecule has 54 heavy (non-hydrogen) atoms. The Morgan fingerprint density at radius 3 is 2.33 bits per heavy atom. The molecule has 5 aromatic rings. The van der Waals surface area contributed by atoms with Crippen LogP contribution in [-0.4, -0.2) is 55.6 Å². The van der Waals surface area contributed by atoms with E-state index in [1.54, 1.807) is 53.4 Å². The molecule has 0 saturated carbocycles. The number of anilines is 4. The number of hydrogen-bond donors (Lipinski definition) is 2. The first kappa shape index (κ1) is 33.9. The van der Waals surface area contributed by atoms with Gasteiger partial charge >= 0.3 is 0 Å². The van der Waals surface area contributed by atoms with Gasteiger partial charge in [-0.1, -0.05) is 18.2 Å². The van der Waals surface area contributed by atoms with Crippen molar-refractivity contribution in [2.24, 2.45) is 5.41 Å². The number of furan rings is 1. The molecule has 0 radical (unpaired) electrons. The lowest BCUT2D eigenvalue weighted by atomic mass is 9.73. The molecule has 0 unspecified atom stereocenters. The normalized spacial score (nSPS) is 16.9. The fourth-order valence-electron chi connectivity index (χ4n) is 8.16. The predicted octanol–water partition coefficient (Wildman–Crippen LogP) is 7.43. The van der Waals surface area contributed by atoms with Crippen molar-refractivity contribution in [3.8, 4) is 11.3 Å². The molecule has 1 spiro atoms. The number of fused-ring (bicyclic) bond motifs is 4. The van der Waals surface area contributed by atoms with Gasteiger partial charge in [0.15, 0.2) is 5.76 Å². The Bertz CT molecular complexity index is 2290. The second-order valence-corrected chi connectivity index (χ2v) is 14.6. The minimum Gasteiger partial charge on any atom is -0.451 e. The summed E-state index contributed by atoms with van der Waals surface area (Å²) in [5, 5.41) is 5.31. The number of para-hydroxylation sites is 2. The molecule has 10 nitrogen and oxygen atoms in total. The summed E-state index contributed by atoms with van der Waals surface area (Å²) in [6, 6.07) is 20.9. The number of nitrogens with one attached hydrogen (secondary N) is 2. The monoisotopic (exact) mass is 729 g/mol. The van der Waals surface area contributed by atoms with Crippen LogP contribution in [0, 0.1) is 17.0 Å². The van der Waals surface area contributed by atoms with Crippen molar-refractivity contribution < 1.29 is 32.3 Å². The van der Waals surface area contributed by atoms with Gasteiger partial charge in [-0.15, -0.1) is 0 Å². The molecule has 3 amide bonds. The summed E-state index contributed by atoms with van der Waals surface area (Å²) >= 11 is 0. The summed E-state index contributed by atoms with van der Waals surface area (Å²) in [6.45, 7) is 3.57. The van der Waals surface area contributed by atoms with Gasteiger partial charge in [0.25, 0.3) is 17.7 Å². The minimum atomic E-state index is -0.900. The maximum absolute atomic E-state index is 14.2. The number of carbonyl (C=O) groups excluding carboxylic acids is 3. The van der Waals surface area contributed by atoms with Gasteiger partial charge in [0, 0.05) is 66.3 Å². The molecule has 2 fully saturated rings. The third kappa shape index (κ3) is 6.09. The Balaban J connectivity index is 0.917. The average Bonchev–Trinajstić information content (AvgIpc) is 3.79. The molecular weight excluding hydrogens is 692 g/mol. The maximum atomic E-state index is 14.2. The number of amides is 3. The van der Waals surface area contributed by atoms with E-state index in [0.29, 0.717) is 45.8 Å². The zero-order valence-corrected chi connectivity index (χ0v) is 29.4. The quantitative estimate of drug-likeness (QED) is 0.187. The highest BCUT2D eigenvalue weighted by molar-refractivity contribution is 6.10. The summed E-state index contributed by atoms with van der Waals surface area (Å²) in [6.07, 6.45) is 5.27. The van der Waals surface area contributed by atoms with Crippen molar-refractivity contribution in [2.45, 2.75) is 38.5 Å². The van der Waals surface area contributed by atoms with Gasteiger partial charge in [-0.25, -0.2) is 13.8 Å². The predicted molar refractivity (Wildman–Crippen MR) is 199 cm³/mol. The van der Waals surface area contributed by atoms with Gasteiger partial charge in [0.05, 0.1) is 11.3 Å². The molecule has 274 valence electrons. The third-order valence-corrected chi connectivity index (χ3v) is 11.1. The summed E-state index contributed by atoms with van der Waals surface area (Å²) in [5.74, 6) is -2.04. The Morgan fingerprint density at radius 2 is 1.56 bits per heavy atom. The average molecular weight is 730 g/mol. The zero-order chi connectivity index (χ0) is 37.0. The topological polar surface area (TPSA) is 117 Å². The Hall–Kier alpha value is -5.88. The van der Waals surface area contributed by atoms with E-state index >= 15 is 0 Å². The molecule has 0 atom stereocenters. The molecule has 2 aromatic heterocycles. The van der Waals surface area contributed by atoms with Crippen molar-refractivity contribution in [1.82, 2.24) is 4.98 Å². The summed E-state index contributed by atoms with van der Waals surface area (Å²) in [7, 11) is 0. The van der Waals surface area contributed by atoms with E-state index in [-0.39, 0.29) is 29.5 Å². The molecule has 4 aliphatic rings. The van der Waals surface area contributed by atoms with E-state index in [0.717, 1.165) is 87.6 Å². The van der Waals surface area contributed by atoms with Crippen molar-refractivity contribution in [1.29, 1.82) is 0 Å². The second kappa shape index (κ2) is 13.5. The lowest BCUT2D eigenvalue weighted by Crippen LogP contribution is -2.59. The lowest BCUT2D eigenvalue weighted by Gasteiger charge is -2.53. The molecule has 5 heterocycles. The molecule has 3 aliphatic heterocycles. The van der Waals surface area contributed by atoms with Gasteiger partial charge < -0.3 is 29.6 Å². The fraction of sp³-hybridized carbons (Fsp3) is 0.286. The summed E-state index contributed by atoms with van der Waals surface area (Å²) in [4.78, 5) is 49.7. The van der Waals surface area contributed by atoms with Crippen molar-refractivity contribution in [3.05, 3.63) is 124 Å². The van der Waals surface area contributed by atoms with Gasteiger partial charge in [-0.05, 0) is 105 Å². The number of pyridine rings is 1. The first-order chi connectivity index (χ1) is 26.2. The SMILES string of the molecule is O=C(Nc1c(F)cccc1F)c1cc2c(o1)-c1ccccc1N(C(=O)c1ccc(NC(=O)c3cc4c(nc3N3CC5(CCOCC5)C3)CCC4)cc1)CC2. The number of hydrogen-bond acceptors (Lipinski definition) is 7. The number of aromatic nitrogens is 1. The number of ether oxygens (including phenoxy) is 1. The molecule has 2 saturated heterocycles. The van der Waals surface area contributed by atoms with Crippen LogP contribution in [0.15, 0.2) is 83.3 Å². The smallest absolute Gasteiger partial charge is 0.291 e. The van der Waals surface area contributed by atoms with Crippen LogP contribution in [0.4, 0.5) is 31.7 Å². The molecular formula is C42H37F2N5O5. The number of halogens is 2.